The second-order valence-corrected chi connectivity index (χ2v) is 0.665. The van der Waals surface area contributed by atoms with Gasteiger partial charge in [-0.3, -0.25) is 0 Å². The molecule has 0 amide bonds. The van der Waals surface area contributed by atoms with Crippen molar-refractivity contribution in [3.63, 3.8) is 0 Å². The molecular weight excluding hydrogens is 92.1 g/mol. The van der Waals surface area contributed by atoms with Crippen LogP contribution >= 0.6 is 0 Å². The maximum Gasteiger partial charge on any atom is 0.0748 e. The summed E-state index contributed by atoms with van der Waals surface area (Å²) in [5, 5.41) is 15.0. The van der Waals surface area contributed by atoms with Crippen molar-refractivity contribution in [3.05, 3.63) is 25.2 Å². The lowest BCUT2D eigenvalue weighted by atomic mass is 10.8. The third kappa shape index (κ3) is 7530. The van der Waals surface area contributed by atoms with E-state index < -0.39 is 0 Å². The van der Waals surface area contributed by atoms with Gasteiger partial charge >= 0.3 is 0 Å². The summed E-state index contributed by atoms with van der Waals surface area (Å²) >= 11 is 0. The van der Waals surface area contributed by atoms with Crippen LogP contribution < -0.4 is 0 Å². The quantitative estimate of drug-likeness (QED) is 0.457. The molecule has 2 heteroatoms. The SMILES string of the molecule is C=CO.CC=CO. The molecule has 0 rings (SSSR count). The predicted molar refractivity (Wildman–Crippen MR) is 30.3 cm³/mol. The number of hydrogen-bond donors (Lipinski definition) is 2. The maximum absolute atomic E-state index is 7.69. The van der Waals surface area contributed by atoms with Crippen LogP contribution in [0.25, 0.3) is 0 Å². The molecule has 7 heavy (non-hydrogen) atoms. The van der Waals surface area contributed by atoms with E-state index in [1.54, 1.807) is 13.0 Å². The fourth-order valence-corrected chi connectivity index (χ4v) is 0. The zero-order valence-electron chi connectivity index (χ0n) is 4.33. The molecule has 0 fully saturated rings. The lowest BCUT2D eigenvalue weighted by Crippen LogP contribution is -1.36. The van der Waals surface area contributed by atoms with Gasteiger partial charge in [0, 0.05) is 0 Å². The minimum atomic E-state index is 0.750. The minimum Gasteiger partial charge on any atom is -0.516 e. The molecule has 0 heterocycles. The van der Waals surface area contributed by atoms with Crippen LogP contribution in [0.15, 0.2) is 25.2 Å². The van der Waals surface area contributed by atoms with Crippen LogP contribution in [0, 0.1) is 0 Å². The molecule has 0 aromatic carbocycles. The number of hydrogen-bond acceptors (Lipinski definition) is 2. The van der Waals surface area contributed by atoms with Gasteiger partial charge < -0.3 is 10.2 Å². The van der Waals surface area contributed by atoms with Crippen molar-refractivity contribution in [1.82, 2.24) is 0 Å². The first kappa shape index (κ1) is 9.43. The molecule has 2 nitrogen and oxygen atoms in total. The molecule has 0 aliphatic rings. The summed E-state index contributed by atoms with van der Waals surface area (Å²) in [4.78, 5) is 0. The highest BCUT2D eigenvalue weighted by molar-refractivity contribution is 4.60. The van der Waals surface area contributed by atoms with Crippen molar-refractivity contribution in [2.24, 2.45) is 0 Å². The average Bonchev–Trinajstić information content (AvgIpc) is 1.69. The van der Waals surface area contributed by atoms with E-state index in [0.717, 1.165) is 12.5 Å². The fourth-order valence-electron chi connectivity index (χ4n) is 0. The molecule has 0 bridgehead atoms. The topological polar surface area (TPSA) is 40.5 Å². The molecular formula is C5H10O2. The van der Waals surface area contributed by atoms with Gasteiger partial charge in [0.1, 0.15) is 0 Å². The van der Waals surface area contributed by atoms with Crippen molar-refractivity contribution < 1.29 is 10.2 Å². The summed E-state index contributed by atoms with van der Waals surface area (Å²) in [5.74, 6) is 0. The average molecular weight is 102 g/mol. The highest BCUT2D eigenvalue weighted by Crippen LogP contribution is 1.51. The number of aliphatic hydroxyl groups excluding tert-OH is 2. The smallest absolute Gasteiger partial charge is 0.0748 e. The molecule has 0 radical (unpaired) electrons. The lowest BCUT2D eigenvalue weighted by molar-refractivity contribution is 0.472. The molecule has 0 aromatic heterocycles. The molecule has 2 N–H and O–H groups in total. The third-order valence-electron chi connectivity index (χ3n) is 0.149. The van der Waals surface area contributed by atoms with Gasteiger partial charge in [-0.25, -0.2) is 0 Å². The number of allylic oxidation sites excluding steroid dienone is 1. The van der Waals surface area contributed by atoms with Crippen LogP contribution in [0.4, 0.5) is 0 Å². The van der Waals surface area contributed by atoms with Crippen molar-refractivity contribution in [2.45, 2.75) is 6.92 Å². The summed E-state index contributed by atoms with van der Waals surface area (Å²) in [6.07, 6.45) is 3.31. The van der Waals surface area contributed by atoms with Crippen LogP contribution in [0.1, 0.15) is 6.92 Å². The summed E-state index contributed by atoms with van der Waals surface area (Å²) < 4.78 is 0. The fraction of sp³-hybridized carbons (Fsp3) is 0.200. The summed E-state index contributed by atoms with van der Waals surface area (Å²) in [5.41, 5.74) is 0. The zero-order chi connectivity index (χ0) is 6.12. The predicted octanol–water partition coefficient (Wildman–Crippen LogP) is 1.77. The molecule has 42 valence electrons. The highest BCUT2D eigenvalue weighted by atomic mass is 16.2. The normalized spacial score (nSPS) is 7.00. The van der Waals surface area contributed by atoms with Gasteiger partial charge in [0.25, 0.3) is 0 Å². The lowest BCUT2D eigenvalue weighted by Gasteiger charge is -1.53. The molecule has 0 saturated heterocycles. The van der Waals surface area contributed by atoms with E-state index in [9.17, 15) is 0 Å². The van der Waals surface area contributed by atoms with E-state index in [-0.39, 0.29) is 0 Å². The van der Waals surface area contributed by atoms with Crippen LogP contribution in [0.3, 0.4) is 0 Å². The molecule has 0 atom stereocenters. The first-order valence-electron chi connectivity index (χ1n) is 1.84. The molecule has 0 saturated carbocycles. The van der Waals surface area contributed by atoms with Gasteiger partial charge in [-0.1, -0.05) is 12.7 Å². The Balaban J connectivity index is 0. The van der Waals surface area contributed by atoms with E-state index in [1.807, 2.05) is 0 Å². The number of rotatable bonds is 0. The molecule has 0 aromatic rings. The number of aliphatic hydroxyl groups is 2. The molecule has 0 spiro atoms. The molecule has 0 aliphatic heterocycles. The Morgan fingerprint density at radius 1 is 1.43 bits per heavy atom. The van der Waals surface area contributed by atoms with Crippen molar-refractivity contribution in [2.75, 3.05) is 0 Å². The Morgan fingerprint density at radius 2 is 1.57 bits per heavy atom. The molecule has 0 unspecified atom stereocenters. The van der Waals surface area contributed by atoms with Crippen LogP contribution in [-0.2, 0) is 0 Å². The van der Waals surface area contributed by atoms with Crippen LogP contribution in [-0.4, -0.2) is 10.2 Å². The Labute approximate surface area is 43.4 Å². The zero-order valence-corrected chi connectivity index (χ0v) is 4.33. The Kier molecular flexibility index (Phi) is 26.3. The van der Waals surface area contributed by atoms with E-state index in [0.29, 0.717) is 0 Å². The Bertz CT molecular complexity index is 44.0. The third-order valence-corrected chi connectivity index (χ3v) is 0.149. The summed E-state index contributed by atoms with van der Waals surface area (Å²) in [6.45, 7) is 4.67. The second kappa shape index (κ2) is 19.5. The van der Waals surface area contributed by atoms with Crippen LogP contribution in [0.2, 0.25) is 0 Å². The van der Waals surface area contributed by atoms with Gasteiger partial charge in [0.15, 0.2) is 0 Å². The van der Waals surface area contributed by atoms with Gasteiger partial charge in [-0.15, -0.1) is 0 Å². The van der Waals surface area contributed by atoms with Crippen molar-refractivity contribution in [3.8, 4) is 0 Å². The maximum atomic E-state index is 7.69. The van der Waals surface area contributed by atoms with Crippen molar-refractivity contribution in [1.29, 1.82) is 0 Å². The largest absolute Gasteiger partial charge is 0.516 e. The summed E-state index contributed by atoms with van der Waals surface area (Å²) in [6, 6.07) is 0. The second-order valence-electron chi connectivity index (χ2n) is 0.665. The standard InChI is InChI=1S/C3H6O.C2H4O/c1-2-3-4;1-2-3/h2-4H,1H3;2-3H,1H2. The van der Waals surface area contributed by atoms with E-state index in [2.05, 4.69) is 6.58 Å². The van der Waals surface area contributed by atoms with E-state index in [4.69, 9.17) is 10.2 Å². The monoisotopic (exact) mass is 102 g/mol. The first-order valence-corrected chi connectivity index (χ1v) is 1.84. The van der Waals surface area contributed by atoms with Gasteiger partial charge in [0.2, 0.25) is 0 Å². The van der Waals surface area contributed by atoms with Gasteiger partial charge in [-0.05, 0) is 6.92 Å². The first-order chi connectivity index (χ1) is 3.33. The molecule has 0 aliphatic carbocycles. The van der Waals surface area contributed by atoms with Gasteiger partial charge in [0.05, 0.1) is 12.5 Å². The van der Waals surface area contributed by atoms with Crippen LogP contribution in [0.5, 0.6) is 0 Å². The van der Waals surface area contributed by atoms with Gasteiger partial charge in [-0.2, -0.15) is 0 Å². The summed E-state index contributed by atoms with van der Waals surface area (Å²) in [7, 11) is 0. The highest BCUT2D eigenvalue weighted by Gasteiger charge is 1.35. The Morgan fingerprint density at radius 3 is 1.57 bits per heavy atom. The van der Waals surface area contributed by atoms with E-state index in [1.165, 1.54) is 0 Å². The Hall–Kier alpha value is -0.920. The minimum absolute atomic E-state index is 0.750. The van der Waals surface area contributed by atoms with E-state index >= 15 is 0 Å². The van der Waals surface area contributed by atoms with Crippen molar-refractivity contribution >= 4 is 0 Å².